The van der Waals surface area contributed by atoms with Crippen molar-refractivity contribution in [2.24, 2.45) is 0 Å². The van der Waals surface area contributed by atoms with Crippen LogP contribution in [0.25, 0.3) is 0 Å². The van der Waals surface area contributed by atoms with Crippen LogP contribution in [0.5, 0.6) is 0 Å². The van der Waals surface area contributed by atoms with Gasteiger partial charge in [0.05, 0.1) is 6.33 Å². The minimum absolute atomic E-state index is 1.10. The molecule has 0 radical (unpaired) electrons. The van der Waals surface area contributed by atoms with Gasteiger partial charge in [0, 0.05) is 18.9 Å². The SMILES string of the molecule is CCCCCCCCCN(CCCCCCC)CCCn1ccnc1. The predicted octanol–water partition coefficient (Wildman–Crippen LogP) is 6.30. The Balaban J connectivity index is 2.14. The Labute approximate surface area is 157 Å². The lowest BCUT2D eigenvalue weighted by Crippen LogP contribution is -2.28. The van der Waals surface area contributed by atoms with E-state index in [9.17, 15) is 0 Å². The Morgan fingerprint density at radius 3 is 1.72 bits per heavy atom. The first-order valence-electron chi connectivity index (χ1n) is 11.0. The van der Waals surface area contributed by atoms with Crippen LogP contribution >= 0.6 is 0 Å². The van der Waals surface area contributed by atoms with Crippen LogP contribution in [0.1, 0.15) is 97.3 Å². The zero-order valence-corrected chi connectivity index (χ0v) is 17.1. The van der Waals surface area contributed by atoms with Gasteiger partial charge in [-0.15, -0.1) is 0 Å². The summed E-state index contributed by atoms with van der Waals surface area (Å²) in [5.41, 5.74) is 0. The molecule has 0 amide bonds. The van der Waals surface area contributed by atoms with E-state index in [0.29, 0.717) is 0 Å². The number of hydrogen-bond donors (Lipinski definition) is 0. The van der Waals surface area contributed by atoms with Gasteiger partial charge in [0.15, 0.2) is 0 Å². The predicted molar refractivity (Wildman–Crippen MR) is 110 cm³/mol. The molecule has 0 bridgehead atoms. The third-order valence-electron chi connectivity index (χ3n) is 5.11. The Bertz CT molecular complexity index is 361. The van der Waals surface area contributed by atoms with Crippen molar-refractivity contribution in [3.8, 4) is 0 Å². The van der Waals surface area contributed by atoms with E-state index in [0.717, 1.165) is 6.54 Å². The maximum absolute atomic E-state index is 4.14. The first kappa shape index (κ1) is 22.2. The lowest BCUT2D eigenvalue weighted by Gasteiger charge is -2.22. The van der Waals surface area contributed by atoms with Crippen LogP contribution in [0, 0.1) is 0 Å². The van der Waals surface area contributed by atoms with Crippen molar-refractivity contribution < 1.29 is 0 Å². The molecule has 0 atom stereocenters. The summed E-state index contributed by atoms with van der Waals surface area (Å²) in [6, 6.07) is 0. The molecule has 0 spiro atoms. The van der Waals surface area contributed by atoms with Gasteiger partial charge in [-0.2, -0.15) is 0 Å². The molecule has 1 heterocycles. The van der Waals surface area contributed by atoms with Crippen molar-refractivity contribution in [2.45, 2.75) is 104 Å². The highest BCUT2D eigenvalue weighted by atomic mass is 15.1. The monoisotopic (exact) mass is 349 g/mol. The molecule has 1 aromatic heterocycles. The molecule has 0 saturated heterocycles. The molecule has 0 aromatic carbocycles. The van der Waals surface area contributed by atoms with Crippen molar-refractivity contribution in [1.29, 1.82) is 0 Å². The molecule has 1 rings (SSSR count). The molecular weight excluding hydrogens is 306 g/mol. The molecule has 0 fully saturated rings. The van der Waals surface area contributed by atoms with Crippen molar-refractivity contribution in [3.05, 3.63) is 18.7 Å². The highest BCUT2D eigenvalue weighted by Gasteiger charge is 2.05. The molecular formula is C22H43N3. The zero-order chi connectivity index (χ0) is 18.0. The van der Waals surface area contributed by atoms with E-state index < -0.39 is 0 Å². The van der Waals surface area contributed by atoms with E-state index in [4.69, 9.17) is 0 Å². The third kappa shape index (κ3) is 13.1. The maximum atomic E-state index is 4.14. The van der Waals surface area contributed by atoms with E-state index in [1.165, 1.54) is 103 Å². The van der Waals surface area contributed by atoms with Crippen LogP contribution in [-0.4, -0.2) is 34.1 Å². The fourth-order valence-electron chi connectivity index (χ4n) is 3.46. The summed E-state index contributed by atoms with van der Waals surface area (Å²) in [5.74, 6) is 0. The summed E-state index contributed by atoms with van der Waals surface area (Å²) in [6.07, 6.45) is 23.9. The number of imidazole rings is 1. The number of hydrogen-bond acceptors (Lipinski definition) is 2. The van der Waals surface area contributed by atoms with Crippen LogP contribution in [0.4, 0.5) is 0 Å². The van der Waals surface area contributed by atoms with Gasteiger partial charge >= 0.3 is 0 Å². The molecule has 1 aromatic rings. The molecule has 0 saturated carbocycles. The Hall–Kier alpha value is -0.830. The highest BCUT2D eigenvalue weighted by Crippen LogP contribution is 2.09. The van der Waals surface area contributed by atoms with E-state index in [2.05, 4.69) is 34.5 Å². The molecule has 25 heavy (non-hydrogen) atoms. The van der Waals surface area contributed by atoms with E-state index in [1.807, 2.05) is 12.5 Å². The Morgan fingerprint density at radius 2 is 1.20 bits per heavy atom. The number of unbranched alkanes of at least 4 members (excludes halogenated alkanes) is 10. The van der Waals surface area contributed by atoms with Crippen LogP contribution in [0.2, 0.25) is 0 Å². The summed E-state index contributed by atoms with van der Waals surface area (Å²) in [6.45, 7) is 9.52. The Kier molecular flexibility index (Phi) is 14.8. The largest absolute Gasteiger partial charge is 0.337 e. The standard InChI is InChI=1S/C22H43N3/c1-3-5-7-9-10-12-14-18-24(17-13-11-8-6-4-2)19-15-20-25-21-16-23-22-25/h16,21-22H,3-15,17-20H2,1-2H3. The number of aromatic nitrogens is 2. The topological polar surface area (TPSA) is 21.1 Å². The summed E-state index contributed by atoms with van der Waals surface area (Å²) < 4.78 is 2.20. The lowest BCUT2D eigenvalue weighted by atomic mass is 10.1. The van der Waals surface area contributed by atoms with Gasteiger partial charge in [-0.3, -0.25) is 0 Å². The van der Waals surface area contributed by atoms with Gasteiger partial charge in [0.1, 0.15) is 0 Å². The van der Waals surface area contributed by atoms with Gasteiger partial charge in [-0.25, -0.2) is 4.98 Å². The molecule has 3 heteroatoms. The van der Waals surface area contributed by atoms with Crippen molar-refractivity contribution >= 4 is 0 Å². The second kappa shape index (κ2) is 16.6. The smallest absolute Gasteiger partial charge is 0.0945 e. The van der Waals surface area contributed by atoms with Crippen LogP contribution < -0.4 is 0 Å². The highest BCUT2D eigenvalue weighted by molar-refractivity contribution is 4.74. The molecule has 0 aliphatic carbocycles. The summed E-state index contributed by atoms with van der Waals surface area (Å²) in [7, 11) is 0. The van der Waals surface area contributed by atoms with E-state index in [-0.39, 0.29) is 0 Å². The first-order chi connectivity index (χ1) is 12.4. The van der Waals surface area contributed by atoms with Crippen molar-refractivity contribution in [1.82, 2.24) is 14.5 Å². The van der Waals surface area contributed by atoms with Crippen LogP contribution in [-0.2, 0) is 6.54 Å². The average molecular weight is 350 g/mol. The van der Waals surface area contributed by atoms with Gasteiger partial charge in [-0.05, 0) is 38.9 Å². The minimum atomic E-state index is 1.10. The zero-order valence-electron chi connectivity index (χ0n) is 17.1. The summed E-state index contributed by atoms with van der Waals surface area (Å²) in [5, 5.41) is 0. The van der Waals surface area contributed by atoms with E-state index >= 15 is 0 Å². The average Bonchev–Trinajstić information content (AvgIpc) is 3.13. The van der Waals surface area contributed by atoms with Crippen LogP contribution in [0.15, 0.2) is 18.7 Å². The Morgan fingerprint density at radius 1 is 0.680 bits per heavy atom. The second-order valence-corrected chi connectivity index (χ2v) is 7.53. The number of aryl methyl sites for hydroxylation is 1. The quantitative estimate of drug-likeness (QED) is 0.290. The fraction of sp³-hybridized carbons (Fsp3) is 0.864. The number of rotatable bonds is 18. The van der Waals surface area contributed by atoms with Gasteiger partial charge in [0.25, 0.3) is 0 Å². The maximum Gasteiger partial charge on any atom is 0.0945 e. The summed E-state index contributed by atoms with van der Waals surface area (Å²) >= 11 is 0. The molecule has 3 nitrogen and oxygen atoms in total. The van der Waals surface area contributed by atoms with E-state index in [1.54, 1.807) is 0 Å². The second-order valence-electron chi connectivity index (χ2n) is 7.53. The fourth-order valence-corrected chi connectivity index (χ4v) is 3.46. The van der Waals surface area contributed by atoms with Crippen LogP contribution in [0.3, 0.4) is 0 Å². The third-order valence-corrected chi connectivity index (χ3v) is 5.11. The minimum Gasteiger partial charge on any atom is -0.337 e. The summed E-state index contributed by atoms with van der Waals surface area (Å²) in [4.78, 5) is 6.86. The van der Waals surface area contributed by atoms with Gasteiger partial charge in [0.2, 0.25) is 0 Å². The van der Waals surface area contributed by atoms with Gasteiger partial charge in [-0.1, -0.05) is 78.1 Å². The molecule has 0 unspecified atom stereocenters. The lowest BCUT2D eigenvalue weighted by molar-refractivity contribution is 0.252. The molecule has 0 aliphatic heterocycles. The first-order valence-corrected chi connectivity index (χ1v) is 11.0. The van der Waals surface area contributed by atoms with Crippen molar-refractivity contribution in [3.63, 3.8) is 0 Å². The normalized spacial score (nSPS) is 11.5. The molecule has 0 N–H and O–H groups in total. The molecule has 146 valence electrons. The number of nitrogens with zero attached hydrogens (tertiary/aromatic N) is 3. The van der Waals surface area contributed by atoms with Gasteiger partial charge < -0.3 is 9.47 Å². The molecule has 0 aliphatic rings. The van der Waals surface area contributed by atoms with Crippen molar-refractivity contribution in [2.75, 3.05) is 19.6 Å².